The second-order valence-corrected chi connectivity index (χ2v) is 5.56. The van der Waals surface area contributed by atoms with Gasteiger partial charge >= 0.3 is 5.91 Å². The number of hydrogen-bond donors (Lipinski definition) is 1. The Morgan fingerprint density at radius 3 is 2.86 bits per heavy atom. The first-order chi connectivity index (χ1) is 10.1. The first-order valence-electron chi connectivity index (χ1n) is 6.11. The highest BCUT2D eigenvalue weighted by Gasteiger charge is 2.08. The molecule has 110 valence electrons. The van der Waals surface area contributed by atoms with Crippen molar-refractivity contribution in [3.8, 4) is 5.75 Å². The predicted octanol–water partition coefficient (Wildman–Crippen LogP) is 3.97. The van der Waals surface area contributed by atoms with E-state index in [1.54, 1.807) is 12.1 Å². The third kappa shape index (κ3) is 4.44. The van der Waals surface area contributed by atoms with Crippen LogP contribution >= 0.6 is 31.9 Å². The molecule has 0 bridgehead atoms. The Morgan fingerprint density at radius 1 is 1.38 bits per heavy atom. The van der Waals surface area contributed by atoms with Gasteiger partial charge in [0.25, 0.3) is 0 Å². The summed E-state index contributed by atoms with van der Waals surface area (Å²) in [6, 6.07) is 8.73. The van der Waals surface area contributed by atoms with Crippen molar-refractivity contribution in [2.24, 2.45) is 5.10 Å². The fourth-order valence-electron chi connectivity index (χ4n) is 1.53. The molecule has 0 spiro atoms. The number of halogens is 2. The van der Waals surface area contributed by atoms with Crippen LogP contribution in [0.25, 0.3) is 0 Å². The molecule has 0 aliphatic rings. The molecule has 0 unspecified atom stereocenters. The fraction of sp³-hybridized carbons (Fsp3) is 0.143. The maximum Gasteiger partial charge on any atom is 0.307 e. The Morgan fingerprint density at radius 2 is 2.19 bits per heavy atom. The van der Waals surface area contributed by atoms with Gasteiger partial charge in [0.05, 0.1) is 12.8 Å². The van der Waals surface area contributed by atoms with Crippen LogP contribution in [0, 0.1) is 0 Å². The molecule has 0 saturated carbocycles. The van der Waals surface area contributed by atoms with E-state index in [1.165, 1.54) is 6.21 Å². The SMILES string of the molecule is CCOc1ccc(Br)c(C=NNC(=O)c2ccc(Br)o2)c1. The second-order valence-electron chi connectivity index (χ2n) is 3.92. The molecule has 0 fully saturated rings. The summed E-state index contributed by atoms with van der Waals surface area (Å²) in [6.45, 7) is 2.50. The van der Waals surface area contributed by atoms with Crippen molar-refractivity contribution in [1.82, 2.24) is 5.43 Å². The van der Waals surface area contributed by atoms with Crippen LogP contribution in [0.3, 0.4) is 0 Å². The topological polar surface area (TPSA) is 63.8 Å². The smallest absolute Gasteiger partial charge is 0.307 e. The van der Waals surface area contributed by atoms with Crippen molar-refractivity contribution in [3.05, 3.63) is 50.8 Å². The molecule has 7 heteroatoms. The Bertz CT molecular complexity index is 668. The minimum Gasteiger partial charge on any atom is -0.494 e. The van der Waals surface area contributed by atoms with E-state index in [9.17, 15) is 4.79 Å². The monoisotopic (exact) mass is 414 g/mol. The average Bonchev–Trinajstić information content (AvgIpc) is 2.89. The summed E-state index contributed by atoms with van der Waals surface area (Å²) in [4.78, 5) is 11.7. The maximum absolute atomic E-state index is 11.7. The minimum absolute atomic E-state index is 0.182. The number of nitrogens with zero attached hydrogens (tertiary/aromatic N) is 1. The van der Waals surface area contributed by atoms with Crippen LogP contribution in [0.2, 0.25) is 0 Å². The number of furan rings is 1. The summed E-state index contributed by atoms with van der Waals surface area (Å²) in [6.07, 6.45) is 1.53. The molecule has 0 aliphatic heterocycles. The number of carbonyl (C=O) groups excluding carboxylic acids is 1. The lowest BCUT2D eigenvalue weighted by atomic mass is 10.2. The van der Waals surface area contributed by atoms with E-state index in [0.717, 1.165) is 15.8 Å². The molecule has 1 aromatic carbocycles. The number of benzene rings is 1. The summed E-state index contributed by atoms with van der Waals surface area (Å²) in [5, 5.41) is 3.90. The van der Waals surface area contributed by atoms with Crippen molar-refractivity contribution in [3.63, 3.8) is 0 Å². The molecular formula is C14H12Br2N2O3. The van der Waals surface area contributed by atoms with Gasteiger partial charge in [-0.15, -0.1) is 0 Å². The molecule has 2 rings (SSSR count). The minimum atomic E-state index is -0.422. The third-order valence-corrected chi connectivity index (χ3v) is 3.59. The van der Waals surface area contributed by atoms with Crippen molar-refractivity contribution in [2.45, 2.75) is 6.92 Å². The summed E-state index contributed by atoms with van der Waals surface area (Å²) in [5.41, 5.74) is 3.19. The lowest BCUT2D eigenvalue weighted by Gasteiger charge is -2.05. The molecular weight excluding hydrogens is 404 g/mol. The summed E-state index contributed by atoms with van der Waals surface area (Å²) < 4.78 is 11.9. The van der Waals surface area contributed by atoms with Gasteiger partial charge in [-0.2, -0.15) is 5.10 Å². The van der Waals surface area contributed by atoms with Gasteiger partial charge in [-0.3, -0.25) is 4.79 Å². The van der Waals surface area contributed by atoms with Crippen LogP contribution in [-0.2, 0) is 0 Å². The van der Waals surface area contributed by atoms with Gasteiger partial charge in [-0.05, 0) is 53.2 Å². The Hall–Kier alpha value is -1.60. The quantitative estimate of drug-likeness (QED) is 0.593. The number of rotatable bonds is 5. The number of carbonyl (C=O) groups is 1. The van der Waals surface area contributed by atoms with E-state index in [-0.39, 0.29) is 5.76 Å². The van der Waals surface area contributed by atoms with Crippen LogP contribution in [0.4, 0.5) is 0 Å². The maximum atomic E-state index is 11.7. The summed E-state index contributed by atoms with van der Waals surface area (Å²) in [5.74, 6) is 0.499. The number of nitrogens with one attached hydrogen (secondary N) is 1. The summed E-state index contributed by atoms with van der Waals surface area (Å²) in [7, 11) is 0. The van der Waals surface area contributed by atoms with Crippen LogP contribution < -0.4 is 10.2 Å². The van der Waals surface area contributed by atoms with E-state index in [4.69, 9.17) is 9.15 Å². The number of hydrazone groups is 1. The number of amides is 1. The second kappa shape index (κ2) is 7.42. The fourth-order valence-corrected chi connectivity index (χ4v) is 2.18. The van der Waals surface area contributed by atoms with Crippen molar-refractivity contribution in [2.75, 3.05) is 6.61 Å². The summed E-state index contributed by atoms with van der Waals surface area (Å²) >= 11 is 6.55. The van der Waals surface area contributed by atoms with E-state index in [0.29, 0.717) is 11.3 Å². The molecule has 1 amide bonds. The molecule has 0 saturated heterocycles. The number of ether oxygens (including phenoxy) is 1. The highest BCUT2D eigenvalue weighted by Crippen LogP contribution is 2.21. The standard InChI is InChI=1S/C14H12Br2N2O3/c1-2-20-10-3-4-11(15)9(7-10)8-17-18-14(19)12-5-6-13(16)21-12/h3-8H,2H2,1H3,(H,18,19). The zero-order valence-electron chi connectivity index (χ0n) is 11.1. The van der Waals surface area contributed by atoms with Crippen LogP contribution in [0.5, 0.6) is 5.75 Å². The van der Waals surface area contributed by atoms with Crippen molar-refractivity contribution < 1.29 is 13.9 Å². The Balaban J connectivity index is 2.04. The Kier molecular flexibility index (Phi) is 5.58. The van der Waals surface area contributed by atoms with Crippen LogP contribution in [-0.4, -0.2) is 18.7 Å². The van der Waals surface area contributed by atoms with E-state index in [1.807, 2.05) is 25.1 Å². The van der Waals surface area contributed by atoms with Gasteiger partial charge in [0.1, 0.15) is 5.75 Å². The van der Waals surface area contributed by atoms with Gasteiger partial charge in [0, 0.05) is 10.0 Å². The predicted molar refractivity (Wildman–Crippen MR) is 86.8 cm³/mol. The third-order valence-electron chi connectivity index (χ3n) is 2.45. The first-order valence-corrected chi connectivity index (χ1v) is 7.70. The molecule has 1 heterocycles. The molecule has 5 nitrogen and oxygen atoms in total. The van der Waals surface area contributed by atoms with Crippen molar-refractivity contribution in [1.29, 1.82) is 0 Å². The molecule has 0 aliphatic carbocycles. The van der Waals surface area contributed by atoms with E-state index < -0.39 is 5.91 Å². The van der Waals surface area contributed by atoms with Gasteiger partial charge in [0.15, 0.2) is 10.4 Å². The van der Waals surface area contributed by atoms with Gasteiger partial charge in [-0.1, -0.05) is 15.9 Å². The highest BCUT2D eigenvalue weighted by atomic mass is 79.9. The largest absolute Gasteiger partial charge is 0.494 e. The van der Waals surface area contributed by atoms with Gasteiger partial charge in [0.2, 0.25) is 0 Å². The molecule has 0 radical (unpaired) electrons. The Labute approximate surface area is 138 Å². The molecule has 1 aromatic heterocycles. The molecule has 1 N–H and O–H groups in total. The average molecular weight is 416 g/mol. The zero-order chi connectivity index (χ0) is 15.2. The first kappa shape index (κ1) is 15.8. The van der Waals surface area contributed by atoms with Gasteiger partial charge < -0.3 is 9.15 Å². The van der Waals surface area contributed by atoms with E-state index >= 15 is 0 Å². The lowest BCUT2D eigenvalue weighted by Crippen LogP contribution is -2.16. The van der Waals surface area contributed by atoms with Crippen molar-refractivity contribution >= 4 is 44.0 Å². The lowest BCUT2D eigenvalue weighted by molar-refractivity contribution is 0.0926. The normalized spacial score (nSPS) is 10.8. The highest BCUT2D eigenvalue weighted by molar-refractivity contribution is 9.10. The zero-order valence-corrected chi connectivity index (χ0v) is 14.3. The van der Waals surface area contributed by atoms with Gasteiger partial charge in [-0.25, -0.2) is 5.43 Å². The van der Waals surface area contributed by atoms with E-state index in [2.05, 4.69) is 42.4 Å². The van der Waals surface area contributed by atoms with Crippen LogP contribution in [0.15, 0.2) is 49.0 Å². The molecule has 2 aromatic rings. The number of hydrogen-bond acceptors (Lipinski definition) is 4. The molecule has 0 atom stereocenters. The van der Waals surface area contributed by atoms with Crippen LogP contribution in [0.1, 0.15) is 23.0 Å². The molecule has 21 heavy (non-hydrogen) atoms.